The maximum atomic E-state index is 2.52. The molecule has 0 spiro atoms. The van der Waals surface area contributed by atoms with E-state index < -0.39 is 0 Å². The Balaban J connectivity index is 0.947. The van der Waals surface area contributed by atoms with E-state index in [2.05, 4.69) is 240 Å². The minimum atomic E-state index is 0.199. The number of allylic oxidation sites excluding steroid dienone is 2. The molecular formula is C58H40N2. The van der Waals surface area contributed by atoms with Gasteiger partial charge in [0.25, 0.3) is 0 Å². The number of fused-ring (bicyclic) bond motifs is 7. The third-order valence-corrected chi connectivity index (χ3v) is 12.7. The minimum Gasteiger partial charge on any atom is -0.333 e. The van der Waals surface area contributed by atoms with E-state index in [1.165, 1.54) is 94.0 Å². The Bertz CT molecular complexity index is 3290. The SMILES string of the molecule is C1=CC2C(C=C1c1ccc3c(c1)c1cc(-c4ccccc4)ccc1n3-c1ccc(-c3cccc4ccccc34)cc1)c1ccccc1N2c1ccc(-c2ccccc2)cc1. The number of hydrogen-bond acceptors (Lipinski definition) is 1. The molecule has 2 heterocycles. The van der Waals surface area contributed by atoms with Crippen LogP contribution in [0, 0.1) is 0 Å². The standard InChI is InChI=1S/C58H40N2/c1-3-12-39(13-4-1)41-22-29-47(30-23-41)59-55-21-10-9-19-51(55)52-37-45(27-34-56(52)59)46-28-35-58-54(38-46)53-36-44(40-14-5-2-6-15-40)26-33-57(53)60(58)48-31-24-43(25-32-48)50-20-11-17-42-16-7-8-18-49(42)50/h1-38,52,56H. The van der Waals surface area contributed by atoms with Gasteiger partial charge in [0.2, 0.25) is 0 Å². The molecule has 2 unspecified atom stereocenters. The fourth-order valence-electron chi connectivity index (χ4n) is 9.85. The topological polar surface area (TPSA) is 8.17 Å². The van der Waals surface area contributed by atoms with E-state index in [1.54, 1.807) is 0 Å². The van der Waals surface area contributed by atoms with Crippen molar-refractivity contribution in [3.05, 3.63) is 242 Å². The Kier molecular flexibility index (Phi) is 8.02. The Morgan fingerprint density at radius 2 is 0.950 bits per heavy atom. The zero-order valence-electron chi connectivity index (χ0n) is 33.0. The van der Waals surface area contributed by atoms with Crippen molar-refractivity contribution in [2.24, 2.45) is 0 Å². The predicted molar refractivity (Wildman–Crippen MR) is 253 cm³/mol. The van der Waals surface area contributed by atoms with Crippen LogP contribution in [0.5, 0.6) is 0 Å². The molecule has 0 fully saturated rings. The van der Waals surface area contributed by atoms with Gasteiger partial charge in [-0.2, -0.15) is 0 Å². The lowest BCUT2D eigenvalue weighted by atomic mass is 9.86. The molecule has 0 saturated carbocycles. The molecule has 0 radical (unpaired) electrons. The summed E-state index contributed by atoms with van der Waals surface area (Å²) < 4.78 is 2.44. The highest BCUT2D eigenvalue weighted by atomic mass is 15.2. The molecule has 9 aromatic carbocycles. The van der Waals surface area contributed by atoms with Crippen LogP contribution < -0.4 is 4.90 Å². The third kappa shape index (κ3) is 5.64. The summed E-state index contributed by atoms with van der Waals surface area (Å²) in [5.74, 6) is 0.233. The first kappa shape index (κ1) is 34.4. The first-order valence-corrected chi connectivity index (χ1v) is 20.9. The summed E-state index contributed by atoms with van der Waals surface area (Å²) in [4.78, 5) is 2.52. The first-order chi connectivity index (χ1) is 29.7. The summed E-state index contributed by atoms with van der Waals surface area (Å²) >= 11 is 0. The Morgan fingerprint density at radius 3 is 1.72 bits per heavy atom. The highest BCUT2D eigenvalue weighted by Crippen LogP contribution is 2.49. The lowest BCUT2D eigenvalue weighted by Gasteiger charge is -2.30. The number of nitrogens with zero attached hydrogens (tertiary/aromatic N) is 2. The monoisotopic (exact) mass is 764 g/mol. The Morgan fingerprint density at radius 1 is 0.383 bits per heavy atom. The summed E-state index contributed by atoms with van der Waals surface area (Å²) in [5.41, 5.74) is 17.3. The number of anilines is 2. The van der Waals surface area contributed by atoms with Gasteiger partial charge in [-0.05, 0) is 115 Å². The van der Waals surface area contributed by atoms with Gasteiger partial charge >= 0.3 is 0 Å². The number of benzene rings is 9. The highest BCUT2D eigenvalue weighted by Gasteiger charge is 2.38. The highest BCUT2D eigenvalue weighted by molar-refractivity contribution is 6.11. The molecule has 12 rings (SSSR count). The van der Waals surface area contributed by atoms with E-state index in [1.807, 2.05) is 0 Å². The van der Waals surface area contributed by atoms with Crippen LogP contribution in [0.15, 0.2) is 231 Å². The molecule has 0 amide bonds. The molecule has 1 aliphatic carbocycles. The van der Waals surface area contributed by atoms with E-state index in [-0.39, 0.29) is 12.0 Å². The van der Waals surface area contributed by atoms with Crippen LogP contribution >= 0.6 is 0 Å². The molecule has 2 heteroatoms. The summed E-state index contributed by atoms with van der Waals surface area (Å²) in [5, 5.41) is 5.03. The van der Waals surface area contributed by atoms with Gasteiger partial charge in [0.15, 0.2) is 0 Å². The normalized spacial score (nSPS) is 15.7. The van der Waals surface area contributed by atoms with Crippen molar-refractivity contribution < 1.29 is 0 Å². The van der Waals surface area contributed by atoms with Crippen LogP contribution in [0.25, 0.3) is 77.2 Å². The molecule has 0 bridgehead atoms. The average molecular weight is 765 g/mol. The molecule has 2 nitrogen and oxygen atoms in total. The largest absolute Gasteiger partial charge is 0.333 e. The maximum absolute atomic E-state index is 2.52. The Hall–Kier alpha value is -7.68. The summed E-state index contributed by atoms with van der Waals surface area (Å²) in [7, 11) is 0. The third-order valence-electron chi connectivity index (χ3n) is 12.7. The number of rotatable bonds is 6. The predicted octanol–water partition coefficient (Wildman–Crippen LogP) is 15.2. The van der Waals surface area contributed by atoms with Crippen molar-refractivity contribution in [3.8, 4) is 39.1 Å². The van der Waals surface area contributed by atoms with E-state index >= 15 is 0 Å². The van der Waals surface area contributed by atoms with Gasteiger partial charge in [-0.3, -0.25) is 0 Å². The van der Waals surface area contributed by atoms with Crippen LogP contribution in [0.2, 0.25) is 0 Å². The minimum absolute atomic E-state index is 0.199. The van der Waals surface area contributed by atoms with Crippen molar-refractivity contribution in [1.29, 1.82) is 0 Å². The summed E-state index contributed by atoms with van der Waals surface area (Å²) in [6.45, 7) is 0. The first-order valence-electron chi connectivity index (χ1n) is 20.9. The molecule has 60 heavy (non-hydrogen) atoms. The summed E-state index contributed by atoms with van der Waals surface area (Å²) in [6, 6.07) is 77.9. The zero-order valence-corrected chi connectivity index (χ0v) is 33.0. The molecule has 2 aliphatic rings. The number of hydrogen-bond donors (Lipinski definition) is 0. The molecule has 1 aliphatic heterocycles. The fourth-order valence-corrected chi connectivity index (χ4v) is 9.85. The van der Waals surface area contributed by atoms with Crippen LogP contribution in [-0.2, 0) is 0 Å². The van der Waals surface area contributed by atoms with Gasteiger partial charge in [-0.15, -0.1) is 0 Å². The second kappa shape index (κ2) is 14.0. The average Bonchev–Trinajstić information content (AvgIpc) is 3.84. The smallest absolute Gasteiger partial charge is 0.0630 e. The van der Waals surface area contributed by atoms with Crippen LogP contribution in [0.4, 0.5) is 11.4 Å². The molecule has 282 valence electrons. The molecule has 0 saturated heterocycles. The fraction of sp³-hybridized carbons (Fsp3) is 0.0345. The maximum Gasteiger partial charge on any atom is 0.0630 e. The Labute approximate surface area is 350 Å². The lowest BCUT2D eigenvalue weighted by Crippen LogP contribution is -2.28. The van der Waals surface area contributed by atoms with Crippen molar-refractivity contribution in [1.82, 2.24) is 4.57 Å². The van der Waals surface area contributed by atoms with Gasteiger partial charge < -0.3 is 9.47 Å². The van der Waals surface area contributed by atoms with Crippen molar-refractivity contribution >= 4 is 49.5 Å². The van der Waals surface area contributed by atoms with Crippen LogP contribution in [0.3, 0.4) is 0 Å². The molecule has 2 atom stereocenters. The van der Waals surface area contributed by atoms with Crippen LogP contribution in [0.1, 0.15) is 17.0 Å². The zero-order chi connectivity index (χ0) is 39.6. The number of aromatic nitrogens is 1. The van der Waals surface area contributed by atoms with Crippen molar-refractivity contribution in [3.63, 3.8) is 0 Å². The second-order valence-corrected chi connectivity index (χ2v) is 16.1. The van der Waals surface area contributed by atoms with Gasteiger partial charge in [-0.25, -0.2) is 0 Å². The van der Waals surface area contributed by atoms with E-state index in [9.17, 15) is 0 Å². The van der Waals surface area contributed by atoms with Gasteiger partial charge in [0.05, 0.1) is 17.1 Å². The lowest BCUT2D eigenvalue weighted by molar-refractivity contribution is 0.747. The quantitative estimate of drug-likeness (QED) is 0.164. The molecule has 0 N–H and O–H groups in total. The van der Waals surface area contributed by atoms with Gasteiger partial charge in [0, 0.05) is 33.8 Å². The summed E-state index contributed by atoms with van der Waals surface area (Å²) in [6.07, 6.45) is 7.27. The second-order valence-electron chi connectivity index (χ2n) is 16.1. The van der Waals surface area contributed by atoms with Gasteiger partial charge in [0.1, 0.15) is 0 Å². The van der Waals surface area contributed by atoms with E-state index in [0.717, 1.165) is 5.69 Å². The van der Waals surface area contributed by atoms with Crippen LogP contribution in [-0.4, -0.2) is 10.6 Å². The van der Waals surface area contributed by atoms with Crippen molar-refractivity contribution in [2.75, 3.05) is 4.90 Å². The molecule has 10 aromatic rings. The molecular weight excluding hydrogens is 725 g/mol. The van der Waals surface area contributed by atoms with Gasteiger partial charge in [-0.1, -0.05) is 176 Å². The molecule has 1 aromatic heterocycles. The number of para-hydroxylation sites is 1. The van der Waals surface area contributed by atoms with E-state index in [0.29, 0.717) is 0 Å². The van der Waals surface area contributed by atoms with Crippen molar-refractivity contribution in [2.45, 2.75) is 12.0 Å². The van der Waals surface area contributed by atoms with E-state index in [4.69, 9.17) is 0 Å².